The van der Waals surface area contributed by atoms with E-state index in [9.17, 15) is 0 Å². The van der Waals surface area contributed by atoms with Gasteiger partial charge in [0.2, 0.25) is 0 Å². The van der Waals surface area contributed by atoms with Gasteiger partial charge in [-0.2, -0.15) is 0 Å². The highest BCUT2D eigenvalue weighted by Gasteiger charge is 2.15. The number of nitrogens with one attached hydrogen (secondary N) is 1. The maximum absolute atomic E-state index is 8.86. The zero-order valence-electron chi connectivity index (χ0n) is 14.5. The molecule has 142 valence electrons. The number of halogens is 3. The van der Waals surface area contributed by atoms with Crippen LogP contribution in [0.5, 0.6) is 11.5 Å². The minimum Gasteiger partial charge on any atom is -0.493 e. The molecular weight excluding hydrogens is 441 g/mol. The van der Waals surface area contributed by atoms with Gasteiger partial charge >= 0.3 is 0 Å². The smallest absolute Gasteiger partial charge is 0.167 e. The first-order valence-corrected chi connectivity index (χ1v) is 9.85. The van der Waals surface area contributed by atoms with Gasteiger partial charge in [0.15, 0.2) is 11.5 Å². The summed E-state index contributed by atoms with van der Waals surface area (Å²) < 4.78 is 12.5. The summed E-state index contributed by atoms with van der Waals surface area (Å²) in [5.74, 6) is 1.35. The van der Waals surface area contributed by atoms with Crippen LogP contribution < -0.4 is 14.8 Å². The lowest BCUT2D eigenvalue weighted by atomic mass is 10.1. The third-order valence-electron chi connectivity index (χ3n) is 3.82. The summed E-state index contributed by atoms with van der Waals surface area (Å²) in [6.45, 7) is 2.00. The number of hydrogen-bond donors (Lipinski definition) is 2. The first-order valence-electron chi connectivity index (χ1n) is 8.30. The average molecular weight is 463 g/mol. The fraction of sp³-hybridized carbons (Fsp3) is 0.368. The van der Waals surface area contributed by atoms with E-state index in [4.69, 9.17) is 37.8 Å². The molecule has 0 bridgehead atoms. The molecule has 2 rings (SSSR count). The molecule has 0 radical (unpaired) electrons. The Morgan fingerprint density at radius 1 is 1.12 bits per heavy atom. The number of hydrogen-bond acceptors (Lipinski definition) is 4. The Labute approximate surface area is 172 Å². The van der Waals surface area contributed by atoms with Crippen molar-refractivity contribution >= 4 is 39.1 Å². The first-order chi connectivity index (χ1) is 12.6. The molecule has 0 aromatic heterocycles. The number of methoxy groups -OCH3 is 1. The Morgan fingerprint density at radius 2 is 1.92 bits per heavy atom. The van der Waals surface area contributed by atoms with Crippen LogP contribution in [-0.2, 0) is 13.2 Å². The van der Waals surface area contributed by atoms with Crippen LogP contribution in [0.25, 0.3) is 0 Å². The van der Waals surface area contributed by atoms with Crippen LogP contribution in [0.3, 0.4) is 0 Å². The van der Waals surface area contributed by atoms with E-state index in [0.717, 1.165) is 35.0 Å². The molecule has 2 N–H and O–H groups in total. The van der Waals surface area contributed by atoms with Crippen LogP contribution in [0.15, 0.2) is 34.8 Å². The number of aliphatic hydroxyl groups excluding tert-OH is 1. The SMILES string of the molecule is COc1ccc(Br)c(CNCCCCO)c1OCc1ccc(Cl)c(Cl)c1. The van der Waals surface area contributed by atoms with Crippen molar-refractivity contribution in [3.63, 3.8) is 0 Å². The molecule has 26 heavy (non-hydrogen) atoms. The van der Waals surface area contributed by atoms with Crippen molar-refractivity contribution in [3.8, 4) is 11.5 Å². The van der Waals surface area contributed by atoms with Gasteiger partial charge in [0, 0.05) is 23.2 Å². The summed E-state index contributed by atoms with van der Waals surface area (Å²) in [7, 11) is 1.62. The van der Waals surface area contributed by atoms with Crippen molar-refractivity contribution in [2.24, 2.45) is 0 Å². The molecule has 0 spiro atoms. The van der Waals surface area contributed by atoms with Crippen LogP contribution >= 0.6 is 39.1 Å². The zero-order chi connectivity index (χ0) is 18.9. The second-order valence-electron chi connectivity index (χ2n) is 5.70. The van der Waals surface area contributed by atoms with Crippen LogP contribution in [0.1, 0.15) is 24.0 Å². The fourth-order valence-electron chi connectivity index (χ4n) is 2.43. The Morgan fingerprint density at radius 3 is 2.62 bits per heavy atom. The maximum Gasteiger partial charge on any atom is 0.167 e. The third kappa shape index (κ3) is 6.03. The highest BCUT2D eigenvalue weighted by molar-refractivity contribution is 9.10. The van der Waals surface area contributed by atoms with Crippen molar-refractivity contribution in [1.29, 1.82) is 0 Å². The number of unbranched alkanes of at least 4 members (excludes halogenated alkanes) is 1. The molecule has 4 nitrogen and oxygen atoms in total. The van der Waals surface area contributed by atoms with E-state index in [1.54, 1.807) is 19.2 Å². The Kier molecular flexibility index (Phi) is 9.02. The molecule has 0 aliphatic heterocycles. The van der Waals surface area contributed by atoms with Crippen molar-refractivity contribution in [1.82, 2.24) is 5.32 Å². The van der Waals surface area contributed by atoms with Crippen LogP contribution in [0.4, 0.5) is 0 Å². The Balaban J connectivity index is 2.13. The number of ether oxygens (including phenoxy) is 2. The van der Waals surface area contributed by atoms with E-state index in [0.29, 0.717) is 34.7 Å². The first kappa shape index (κ1) is 21.3. The standard InChI is InChI=1S/C19H22BrCl2NO3/c1-25-18-7-5-15(20)14(11-23-8-2-3-9-24)19(18)26-12-13-4-6-16(21)17(22)10-13/h4-7,10,23-24H,2-3,8-9,11-12H2,1H3. The minimum absolute atomic E-state index is 0.211. The Bertz CT molecular complexity index is 728. The second-order valence-corrected chi connectivity index (χ2v) is 7.37. The Hall–Kier alpha value is -0.980. The van der Waals surface area contributed by atoms with Crippen LogP contribution in [-0.4, -0.2) is 25.4 Å². The van der Waals surface area contributed by atoms with Crippen LogP contribution in [0.2, 0.25) is 10.0 Å². The zero-order valence-corrected chi connectivity index (χ0v) is 17.6. The third-order valence-corrected chi connectivity index (χ3v) is 5.30. The van der Waals surface area contributed by atoms with Gasteiger partial charge in [0.05, 0.1) is 17.2 Å². The summed E-state index contributed by atoms with van der Waals surface area (Å²) >= 11 is 15.6. The van der Waals surface area contributed by atoms with Gasteiger partial charge in [-0.25, -0.2) is 0 Å². The van der Waals surface area contributed by atoms with Gasteiger partial charge in [-0.3, -0.25) is 0 Å². The molecular formula is C19H22BrCl2NO3. The summed E-state index contributed by atoms with van der Waals surface area (Å²) in [5, 5.41) is 13.2. The van der Waals surface area contributed by atoms with Gasteiger partial charge in [-0.15, -0.1) is 0 Å². The largest absolute Gasteiger partial charge is 0.493 e. The molecule has 0 fully saturated rings. The monoisotopic (exact) mass is 461 g/mol. The predicted octanol–water partition coefficient (Wildman–Crippen LogP) is 5.21. The lowest BCUT2D eigenvalue weighted by Gasteiger charge is -2.17. The second kappa shape index (κ2) is 11.0. The summed E-state index contributed by atoms with van der Waals surface area (Å²) in [5.41, 5.74) is 1.90. The summed E-state index contributed by atoms with van der Waals surface area (Å²) in [4.78, 5) is 0. The van der Waals surface area contributed by atoms with Gasteiger partial charge in [0.25, 0.3) is 0 Å². The van der Waals surface area contributed by atoms with E-state index in [2.05, 4.69) is 21.2 Å². The van der Waals surface area contributed by atoms with E-state index < -0.39 is 0 Å². The van der Waals surface area contributed by atoms with Gasteiger partial charge in [0.1, 0.15) is 6.61 Å². The molecule has 0 aliphatic rings. The lowest BCUT2D eigenvalue weighted by Crippen LogP contribution is -2.16. The highest BCUT2D eigenvalue weighted by atomic mass is 79.9. The lowest BCUT2D eigenvalue weighted by molar-refractivity contribution is 0.278. The average Bonchev–Trinajstić information content (AvgIpc) is 2.64. The normalized spacial score (nSPS) is 10.8. The van der Waals surface area contributed by atoms with Crippen molar-refractivity contribution in [3.05, 3.63) is 56.0 Å². The quantitative estimate of drug-likeness (QED) is 0.476. The molecule has 0 atom stereocenters. The molecule has 2 aromatic rings. The molecule has 0 aliphatic carbocycles. The molecule has 0 saturated carbocycles. The van der Waals surface area contributed by atoms with E-state index in [-0.39, 0.29) is 6.61 Å². The molecule has 2 aromatic carbocycles. The minimum atomic E-state index is 0.211. The molecule has 0 amide bonds. The van der Waals surface area contributed by atoms with Gasteiger partial charge < -0.3 is 19.9 Å². The van der Waals surface area contributed by atoms with E-state index >= 15 is 0 Å². The molecule has 0 saturated heterocycles. The van der Waals surface area contributed by atoms with Crippen molar-refractivity contribution in [2.45, 2.75) is 26.0 Å². The van der Waals surface area contributed by atoms with Gasteiger partial charge in [-0.1, -0.05) is 45.2 Å². The topological polar surface area (TPSA) is 50.7 Å². The van der Waals surface area contributed by atoms with Crippen LogP contribution in [0, 0.1) is 0 Å². The van der Waals surface area contributed by atoms with E-state index in [1.807, 2.05) is 18.2 Å². The van der Waals surface area contributed by atoms with Crippen molar-refractivity contribution in [2.75, 3.05) is 20.3 Å². The van der Waals surface area contributed by atoms with Gasteiger partial charge in [-0.05, 0) is 49.2 Å². The van der Waals surface area contributed by atoms with Crippen molar-refractivity contribution < 1.29 is 14.6 Å². The number of aliphatic hydroxyl groups is 1. The molecule has 0 unspecified atom stereocenters. The fourth-order valence-corrected chi connectivity index (χ4v) is 3.20. The number of rotatable bonds is 10. The maximum atomic E-state index is 8.86. The highest BCUT2D eigenvalue weighted by Crippen LogP contribution is 2.37. The van der Waals surface area contributed by atoms with E-state index in [1.165, 1.54) is 0 Å². The molecule has 0 heterocycles. The summed E-state index contributed by atoms with van der Waals surface area (Å²) in [6.07, 6.45) is 1.70. The predicted molar refractivity (Wildman–Crippen MR) is 110 cm³/mol. The number of benzene rings is 2. The molecule has 7 heteroatoms. The summed E-state index contributed by atoms with van der Waals surface area (Å²) in [6, 6.07) is 9.23.